The first-order valence-corrected chi connectivity index (χ1v) is 12.6. The number of benzene rings is 1. The van der Waals surface area contributed by atoms with Gasteiger partial charge in [0.2, 0.25) is 5.91 Å². The van der Waals surface area contributed by atoms with Crippen LogP contribution in [0.25, 0.3) is 0 Å². The average molecular weight is 458 g/mol. The standard InChI is InChI=1S/C27H43N3O3/c1-9-10-22(17-28(8)27(5,6)7)21-13-14-23-24(15-21)29(26(32)33-18(2)3)16-19(4)30(23)25(31)20-11-12-20/h13-15,18-20,22H,9-12,16-17H2,1-8H3/t19-,22?/m0/s1. The Hall–Kier alpha value is -2.08. The van der Waals surface area contributed by atoms with Gasteiger partial charge in [-0.25, -0.2) is 4.79 Å². The zero-order chi connectivity index (χ0) is 24.5. The first-order valence-electron chi connectivity index (χ1n) is 12.6. The number of anilines is 2. The molecule has 6 heteroatoms. The van der Waals surface area contributed by atoms with Gasteiger partial charge >= 0.3 is 6.09 Å². The first kappa shape index (κ1) is 25.5. The molecule has 0 bridgehead atoms. The van der Waals surface area contributed by atoms with Crippen LogP contribution in [0, 0.1) is 5.92 Å². The number of likely N-dealkylation sites (N-methyl/N-ethyl adjacent to an activating group) is 1. The lowest BCUT2D eigenvalue weighted by Gasteiger charge is -2.41. The molecule has 2 amide bonds. The number of amides is 2. The van der Waals surface area contributed by atoms with Gasteiger partial charge in [0.05, 0.1) is 23.5 Å². The molecule has 0 radical (unpaired) electrons. The maximum atomic E-state index is 13.1. The molecule has 1 fully saturated rings. The van der Waals surface area contributed by atoms with Crippen molar-refractivity contribution in [1.29, 1.82) is 0 Å². The molecule has 33 heavy (non-hydrogen) atoms. The van der Waals surface area contributed by atoms with E-state index in [9.17, 15) is 9.59 Å². The highest BCUT2D eigenvalue weighted by molar-refractivity contribution is 6.04. The van der Waals surface area contributed by atoms with Gasteiger partial charge in [0.15, 0.2) is 0 Å². The zero-order valence-electron chi connectivity index (χ0n) is 21.9. The zero-order valence-corrected chi connectivity index (χ0v) is 21.9. The van der Waals surface area contributed by atoms with Gasteiger partial charge in [-0.1, -0.05) is 19.4 Å². The number of hydrogen-bond donors (Lipinski definition) is 0. The highest BCUT2D eigenvalue weighted by atomic mass is 16.6. The largest absolute Gasteiger partial charge is 0.446 e. The topological polar surface area (TPSA) is 53.1 Å². The lowest BCUT2D eigenvalue weighted by Crippen LogP contribution is -2.52. The minimum atomic E-state index is -0.340. The number of fused-ring (bicyclic) bond motifs is 1. The lowest BCUT2D eigenvalue weighted by atomic mass is 9.91. The molecule has 1 saturated carbocycles. The van der Waals surface area contributed by atoms with Crippen LogP contribution in [0.2, 0.25) is 0 Å². The second-order valence-corrected chi connectivity index (χ2v) is 11.2. The molecule has 1 aliphatic heterocycles. The SMILES string of the molecule is CCCC(CN(C)C(C)(C)C)c1ccc2c(c1)N(C(=O)OC(C)C)C[C@H](C)N2C(=O)C1CC1. The second-order valence-electron chi connectivity index (χ2n) is 11.2. The van der Waals surface area contributed by atoms with Gasteiger partial charge in [-0.05, 0) is 91.5 Å². The fraction of sp³-hybridized carbons (Fsp3) is 0.704. The van der Waals surface area contributed by atoms with Crippen LogP contribution in [0.3, 0.4) is 0 Å². The number of ether oxygens (including phenoxy) is 1. The molecule has 0 spiro atoms. The highest BCUT2D eigenvalue weighted by Gasteiger charge is 2.41. The van der Waals surface area contributed by atoms with Gasteiger partial charge in [0.25, 0.3) is 0 Å². The Bertz CT molecular complexity index is 857. The summed E-state index contributed by atoms with van der Waals surface area (Å²) in [6.45, 7) is 16.0. The van der Waals surface area contributed by atoms with E-state index < -0.39 is 0 Å². The molecular formula is C27H43N3O3. The van der Waals surface area contributed by atoms with Crippen LogP contribution in [0.5, 0.6) is 0 Å². The molecule has 0 N–H and O–H groups in total. The molecule has 0 saturated heterocycles. The summed E-state index contributed by atoms with van der Waals surface area (Å²) in [5, 5.41) is 0. The van der Waals surface area contributed by atoms with Crippen LogP contribution in [-0.4, -0.2) is 54.7 Å². The number of hydrogen-bond acceptors (Lipinski definition) is 4. The Morgan fingerprint density at radius 1 is 1.18 bits per heavy atom. The third-order valence-electron chi connectivity index (χ3n) is 6.91. The van der Waals surface area contributed by atoms with Crippen molar-refractivity contribution in [2.45, 2.75) is 97.8 Å². The van der Waals surface area contributed by atoms with Gasteiger partial charge in [-0.2, -0.15) is 0 Å². The Kier molecular flexibility index (Phi) is 7.77. The van der Waals surface area contributed by atoms with Crippen LogP contribution >= 0.6 is 0 Å². The van der Waals surface area contributed by atoms with Crippen molar-refractivity contribution >= 4 is 23.4 Å². The van der Waals surface area contributed by atoms with Crippen molar-refractivity contribution in [3.63, 3.8) is 0 Å². The van der Waals surface area contributed by atoms with E-state index in [4.69, 9.17) is 4.74 Å². The number of carbonyl (C=O) groups excluding carboxylic acids is 2. The normalized spacial score (nSPS) is 19.6. The summed E-state index contributed by atoms with van der Waals surface area (Å²) in [6, 6.07) is 6.25. The maximum absolute atomic E-state index is 13.1. The molecule has 1 unspecified atom stereocenters. The molecule has 184 valence electrons. The molecule has 2 atom stereocenters. The summed E-state index contributed by atoms with van der Waals surface area (Å²) < 4.78 is 5.58. The van der Waals surface area contributed by atoms with Crippen LogP contribution in [0.4, 0.5) is 16.2 Å². The average Bonchev–Trinajstić information content (AvgIpc) is 3.56. The van der Waals surface area contributed by atoms with E-state index in [1.807, 2.05) is 25.7 Å². The van der Waals surface area contributed by atoms with E-state index in [1.165, 1.54) is 5.56 Å². The van der Waals surface area contributed by atoms with Crippen molar-refractivity contribution in [3.8, 4) is 0 Å². The molecular weight excluding hydrogens is 414 g/mol. The molecule has 3 rings (SSSR count). The van der Waals surface area contributed by atoms with Crippen LogP contribution in [0.1, 0.15) is 85.6 Å². The summed E-state index contributed by atoms with van der Waals surface area (Å²) in [4.78, 5) is 32.2. The van der Waals surface area contributed by atoms with E-state index in [1.54, 1.807) is 4.90 Å². The second kappa shape index (κ2) is 10.0. The van der Waals surface area contributed by atoms with Gasteiger partial charge in [-0.15, -0.1) is 0 Å². The number of nitrogens with zero attached hydrogens (tertiary/aromatic N) is 3. The molecule has 1 aliphatic carbocycles. The predicted octanol–water partition coefficient (Wildman–Crippen LogP) is 5.80. The predicted molar refractivity (Wildman–Crippen MR) is 135 cm³/mol. The van der Waals surface area contributed by atoms with Gasteiger partial charge in [0.1, 0.15) is 0 Å². The summed E-state index contributed by atoms with van der Waals surface area (Å²) in [5.41, 5.74) is 2.91. The minimum Gasteiger partial charge on any atom is -0.446 e. The summed E-state index contributed by atoms with van der Waals surface area (Å²) in [6.07, 6.45) is 3.55. The molecule has 6 nitrogen and oxygen atoms in total. The van der Waals surface area contributed by atoms with Crippen molar-refractivity contribution in [1.82, 2.24) is 4.90 Å². The smallest absolute Gasteiger partial charge is 0.414 e. The number of rotatable bonds is 7. The first-order chi connectivity index (χ1) is 15.4. The van der Waals surface area contributed by atoms with Gasteiger partial charge < -0.3 is 14.5 Å². The Morgan fingerprint density at radius 3 is 2.39 bits per heavy atom. The number of carbonyl (C=O) groups is 2. The molecule has 1 heterocycles. The Balaban J connectivity index is 2.02. The quantitative estimate of drug-likeness (QED) is 0.519. The minimum absolute atomic E-state index is 0.0796. The monoisotopic (exact) mass is 457 g/mol. The third kappa shape index (κ3) is 5.89. The lowest BCUT2D eigenvalue weighted by molar-refractivity contribution is -0.120. The van der Waals surface area contributed by atoms with Crippen molar-refractivity contribution in [2.75, 3.05) is 29.9 Å². The fourth-order valence-corrected chi connectivity index (χ4v) is 4.51. The summed E-state index contributed by atoms with van der Waals surface area (Å²) in [5.74, 6) is 0.660. The van der Waals surface area contributed by atoms with Crippen LogP contribution in [-0.2, 0) is 9.53 Å². The van der Waals surface area contributed by atoms with E-state index >= 15 is 0 Å². The van der Waals surface area contributed by atoms with E-state index in [-0.39, 0.29) is 35.6 Å². The summed E-state index contributed by atoms with van der Waals surface area (Å²) >= 11 is 0. The molecule has 0 aromatic heterocycles. The molecule has 2 aliphatic rings. The Morgan fingerprint density at radius 2 is 1.85 bits per heavy atom. The maximum Gasteiger partial charge on any atom is 0.414 e. The van der Waals surface area contributed by atoms with Crippen molar-refractivity contribution in [2.24, 2.45) is 5.92 Å². The van der Waals surface area contributed by atoms with Crippen molar-refractivity contribution in [3.05, 3.63) is 23.8 Å². The molecule has 1 aromatic rings. The van der Waals surface area contributed by atoms with Crippen molar-refractivity contribution < 1.29 is 14.3 Å². The van der Waals surface area contributed by atoms with E-state index in [0.717, 1.165) is 43.6 Å². The third-order valence-corrected chi connectivity index (χ3v) is 6.91. The van der Waals surface area contributed by atoms with Gasteiger partial charge in [0, 0.05) is 24.5 Å². The van der Waals surface area contributed by atoms with E-state index in [0.29, 0.717) is 12.5 Å². The van der Waals surface area contributed by atoms with Gasteiger partial charge in [-0.3, -0.25) is 9.69 Å². The molecule has 1 aromatic carbocycles. The Labute approximate surface area is 200 Å². The fourth-order valence-electron chi connectivity index (χ4n) is 4.51. The van der Waals surface area contributed by atoms with E-state index in [2.05, 4.69) is 57.8 Å². The highest BCUT2D eigenvalue weighted by Crippen LogP contribution is 2.42. The summed E-state index contributed by atoms with van der Waals surface area (Å²) in [7, 11) is 2.17. The van der Waals surface area contributed by atoms with Crippen LogP contribution in [0.15, 0.2) is 18.2 Å². The van der Waals surface area contributed by atoms with Crippen LogP contribution < -0.4 is 9.80 Å².